The Morgan fingerprint density at radius 1 is 1.36 bits per heavy atom. The van der Waals surface area contributed by atoms with Crippen LogP contribution in [0.3, 0.4) is 0 Å². The third-order valence-corrected chi connectivity index (χ3v) is 3.78. The summed E-state index contributed by atoms with van der Waals surface area (Å²) in [5.41, 5.74) is 0.516. The van der Waals surface area contributed by atoms with E-state index in [0.717, 1.165) is 5.56 Å². The lowest BCUT2D eigenvalue weighted by Gasteiger charge is -2.19. The van der Waals surface area contributed by atoms with Gasteiger partial charge in [-0.15, -0.1) is 0 Å². The zero-order valence-electron chi connectivity index (χ0n) is 12.4. The van der Waals surface area contributed by atoms with E-state index < -0.39 is 11.5 Å². The fourth-order valence-corrected chi connectivity index (χ4v) is 1.91. The number of hydrogen-bond donors (Lipinski definition) is 2. The van der Waals surface area contributed by atoms with Crippen molar-refractivity contribution in [2.24, 2.45) is 0 Å². The molecule has 0 aliphatic carbocycles. The van der Waals surface area contributed by atoms with Crippen molar-refractivity contribution in [2.75, 3.05) is 5.32 Å². The van der Waals surface area contributed by atoms with Gasteiger partial charge in [-0.3, -0.25) is 9.48 Å². The summed E-state index contributed by atoms with van der Waals surface area (Å²) >= 11 is 6.00. The smallest absolute Gasteiger partial charge is 0.331 e. The van der Waals surface area contributed by atoms with E-state index in [0.29, 0.717) is 16.3 Å². The molecule has 2 aromatic rings. The van der Waals surface area contributed by atoms with Crippen LogP contribution in [0.2, 0.25) is 5.02 Å². The van der Waals surface area contributed by atoms with Crippen LogP contribution < -0.4 is 5.32 Å². The Morgan fingerprint density at radius 2 is 2.05 bits per heavy atom. The van der Waals surface area contributed by atoms with E-state index in [9.17, 15) is 9.59 Å². The molecule has 0 aliphatic rings. The molecular weight excluding hydrogens is 306 g/mol. The van der Waals surface area contributed by atoms with E-state index in [4.69, 9.17) is 16.7 Å². The van der Waals surface area contributed by atoms with Crippen LogP contribution in [0.4, 0.5) is 5.69 Å². The van der Waals surface area contributed by atoms with Gasteiger partial charge in [0, 0.05) is 16.8 Å². The van der Waals surface area contributed by atoms with Gasteiger partial charge >= 0.3 is 5.97 Å². The molecule has 2 rings (SSSR count). The van der Waals surface area contributed by atoms with E-state index in [1.54, 1.807) is 18.2 Å². The number of nitrogens with zero attached hydrogens (tertiary/aromatic N) is 2. The minimum absolute atomic E-state index is 0.338. The number of aliphatic carboxylic acids is 1. The van der Waals surface area contributed by atoms with Crippen LogP contribution in [0.15, 0.2) is 30.6 Å². The monoisotopic (exact) mass is 321 g/mol. The molecule has 0 unspecified atom stereocenters. The molecule has 0 atom stereocenters. The summed E-state index contributed by atoms with van der Waals surface area (Å²) in [5, 5.41) is 16.3. The molecule has 0 aliphatic heterocycles. The number of rotatable bonds is 4. The van der Waals surface area contributed by atoms with Gasteiger partial charge in [0.2, 0.25) is 0 Å². The summed E-state index contributed by atoms with van der Waals surface area (Å²) in [7, 11) is 0. The van der Waals surface area contributed by atoms with Crippen LogP contribution in [0.25, 0.3) is 0 Å². The summed E-state index contributed by atoms with van der Waals surface area (Å²) in [6.45, 7) is 4.89. The van der Waals surface area contributed by atoms with E-state index in [1.807, 2.05) is 6.92 Å². The van der Waals surface area contributed by atoms with Gasteiger partial charge in [-0.1, -0.05) is 17.7 Å². The van der Waals surface area contributed by atoms with Crippen molar-refractivity contribution in [3.63, 3.8) is 0 Å². The predicted octanol–water partition coefficient (Wildman–Crippen LogP) is 2.92. The zero-order chi connectivity index (χ0) is 16.5. The summed E-state index contributed by atoms with van der Waals surface area (Å²) in [4.78, 5) is 23.3. The molecule has 6 nitrogen and oxygen atoms in total. The Morgan fingerprint density at radius 3 is 2.64 bits per heavy atom. The van der Waals surface area contributed by atoms with E-state index in [1.165, 1.54) is 30.9 Å². The molecule has 0 saturated heterocycles. The molecular formula is C15H16ClN3O3. The summed E-state index contributed by atoms with van der Waals surface area (Å²) in [6, 6.07) is 5.01. The predicted molar refractivity (Wildman–Crippen MR) is 83.3 cm³/mol. The van der Waals surface area contributed by atoms with E-state index >= 15 is 0 Å². The molecule has 0 spiro atoms. The fourth-order valence-electron chi connectivity index (χ4n) is 1.73. The third kappa shape index (κ3) is 3.12. The highest BCUT2D eigenvalue weighted by Gasteiger charge is 2.30. The second kappa shape index (κ2) is 5.81. The number of anilines is 1. The summed E-state index contributed by atoms with van der Waals surface area (Å²) in [6.07, 6.45) is 2.88. The Labute approximate surface area is 132 Å². The van der Waals surface area contributed by atoms with Gasteiger partial charge in [0.25, 0.3) is 5.91 Å². The number of nitrogens with one attached hydrogen (secondary N) is 1. The molecule has 0 radical (unpaired) electrons. The first-order valence-corrected chi connectivity index (χ1v) is 6.95. The van der Waals surface area contributed by atoms with E-state index in [2.05, 4.69) is 10.4 Å². The molecule has 116 valence electrons. The van der Waals surface area contributed by atoms with Crippen molar-refractivity contribution >= 4 is 29.2 Å². The van der Waals surface area contributed by atoms with Crippen molar-refractivity contribution in [1.82, 2.24) is 9.78 Å². The number of hydrogen-bond acceptors (Lipinski definition) is 3. The minimum Gasteiger partial charge on any atom is -0.479 e. The largest absolute Gasteiger partial charge is 0.479 e. The van der Waals surface area contributed by atoms with Gasteiger partial charge in [0.1, 0.15) is 0 Å². The fraction of sp³-hybridized carbons (Fsp3) is 0.267. The maximum atomic E-state index is 12.1. The first-order chi connectivity index (χ1) is 10.2. The average Bonchev–Trinajstić information content (AvgIpc) is 2.90. The standard InChI is InChI=1S/C15H16ClN3O3/c1-9-4-5-10(6-12(9)16)13(20)18-11-7-17-19(8-11)15(2,3)14(21)22/h4-8H,1-3H3,(H,18,20)(H,21,22). The lowest BCUT2D eigenvalue weighted by molar-refractivity contribution is -0.146. The van der Waals surface area contributed by atoms with Crippen LogP contribution >= 0.6 is 11.6 Å². The van der Waals surface area contributed by atoms with Crippen LogP contribution in [0.5, 0.6) is 0 Å². The molecule has 1 aromatic heterocycles. The Kier molecular flexibility index (Phi) is 4.23. The Balaban J connectivity index is 2.18. The number of halogens is 1. The second-order valence-corrected chi connectivity index (χ2v) is 5.86. The van der Waals surface area contributed by atoms with Gasteiger partial charge in [0.05, 0.1) is 11.9 Å². The van der Waals surface area contributed by atoms with Crippen molar-refractivity contribution < 1.29 is 14.7 Å². The van der Waals surface area contributed by atoms with Crippen molar-refractivity contribution in [2.45, 2.75) is 26.3 Å². The molecule has 2 N–H and O–H groups in total. The average molecular weight is 322 g/mol. The maximum absolute atomic E-state index is 12.1. The quantitative estimate of drug-likeness (QED) is 0.906. The van der Waals surface area contributed by atoms with Gasteiger partial charge in [-0.2, -0.15) is 5.10 Å². The molecule has 22 heavy (non-hydrogen) atoms. The Bertz CT molecular complexity index is 737. The normalized spacial score (nSPS) is 11.3. The lowest BCUT2D eigenvalue weighted by Crippen LogP contribution is -2.35. The van der Waals surface area contributed by atoms with Crippen LogP contribution in [0.1, 0.15) is 29.8 Å². The van der Waals surface area contributed by atoms with Gasteiger partial charge in [-0.25, -0.2) is 4.79 Å². The molecule has 1 heterocycles. The molecule has 1 aromatic carbocycles. The summed E-state index contributed by atoms with van der Waals surface area (Å²) in [5.74, 6) is -1.35. The van der Waals surface area contributed by atoms with Crippen molar-refractivity contribution in [3.8, 4) is 0 Å². The number of amides is 1. The third-order valence-electron chi connectivity index (χ3n) is 3.37. The summed E-state index contributed by atoms with van der Waals surface area (Å²) < 4.78 is 1.28. The highest BCUT2D eigenvalue weighted by atomic mass is 35.5. The van der Waals surface area contributed by atoms with Crippen LogP contribution in [0, 0.1) is 6.92 Å². The first kappa shape index (κ1) is 16.0. The number of carbonyl (C=O) groups excluding carboxylic acids is 1. The van der Waals surface area contributed by atoms with Crippen LogP contribution in [-0.4, -0.2) is 26.8 Å². The van der Waals surface area contributed by atoms with Crippen molar-refractivity contribution in [3.05, 3.63) is 46.7 Å². The topological polar surface area (TPSA) is 84.2 Å². The SMILES string of the molecule is Cc1ccc(C(=O)Nc2cnn(C(C)(C)C(=O)O)c2)cc1Cl. The number of carbonyl (C=O) groups is 2. The number of benzene rings is 1. The number of aryl methyl sites for hydroxylation is 1. The number of aromatic nitrogens is 2. The molecule has 1 amide bonds. The van der Waals surface area contributed by atoms with Crippen LogP contribution in [-0.2, 0) is 10.3 Å². The van der Waals surface area contributed by atoms with Gasteiger partial charge in [0.15, 0.2) is 5.54 Å². The first-order valence-electron chi connectivity index (χ1n) is 6.58. The number of carboxylic acid groups (broad SMARTS) is 1. The highest BCUT2D eigenvalue weighted by Crippen LogP contribution is 2.20. The minimum atomic E-state index is -1.20. The molecule has 0 saturated carbocycles. The highest BCUT2D eigenvalue weighted by molar-refractivity contribution is 6.31. The zero-order valence-corrected chi connectivity index (χ0v) is 13.2. The lowest BCUT2D eigenvalue weighted by atomic mass is 10.1. The number of carboxylic acids is 1. The second-order valence-electron chi connectivity index (χ2n) is 5.46. The Hall–Kier alpha value is -2.34. The van der Waals surface area contributed by atoms with E-state index in [-0.39, 0.29) is 5.91 Å². The van der Waals surface area contributed by atoms with Gasteiger partial charge < -0.3 is 10.4 Å². The van der Waals surface area contributed by atoms with Crippen molar-refractivity contribution in [1.29, 1.82) is 0 Å². The molecule has 0 bridgehead atoms. The molecule has 0 fully saturated rings. The molecule has 7 heteroatoms. The van der Waals surface area contributed by atoms with Gasteiger partial charge in [-0.05, 0) is 38.5 Å². The maximum Gasteiger partial charge on any atom is 0.331 e.